The maximum Gasteiger partial charge on any atom is 0.140 e. The monoisotopic (exact) mass is 586 g/mol. The molecule has 0 N–H and O–H groups in total. The summed E-state index contributed by atoms with van der Waals surface area (Å²) in [6, 6.07) is 31.9. The van der Waals surface area contributed by atoms with Gasteiger partial charge in [0.1, 0.15) is 23.5 Å². The highest BCUT2D eigenvalue weighted by Gasteiger charge is 2.33. The number of nitrogens with zero attached hydrogens (tertiary/aromatic N) is 4. The summed E-state index contributed by atoms with van der Waals surface area (Å²) < 4.78 is 8.84. The van der Waals surface area contributed by atoms with Crippen molar-refractivity contribution < 1.29 is 4.74 Å². The van der Waals surface area contributed by atoms with E-state index in [0.717, 1.165) is 50.7 Å². The Morgan fingerprint density at radius 3 is 2.29 bits per heavy atom. The van der Waals surface area contributed by atoms with Crippen molar-refractivity contribution in [1.29, 1.82) is 0 Å². The number of hydrogen-bond donors (Lipinski definition) is 0. The summed E-state index contributed by atoms with van der Waals surface area (Å²) >= 11 is 0. The predicted molar refractivity (Wildman–Crippen MR) is 185 cm³/mol. The molecule has 0 radical (unpaired) electrons. The lowest BCUT2D eigenvalue weighted by Gasteiger charge is -2.33. The molecule has 5 heteroatoms. The first-order chi connectivity index (χ1) is 22.0. The van der Waals surface area contributed by atoms with E-state index in [0.29, 0.717) is 0 Å². The zero-order valence-corrected chi connectivity index (χ0v) is 25.9. The number of rotatable bonds is 5. The molecule has 0 saturated heterocycles. The van der Waals surface area contributed by atoms with Crippen molar-refractivity contribution in [2.24, 2.45) is 0 Å². The highest BCUT2D eigenvalue weighted by Crippen LogP contribution is 2.40. The molecule has 8 rings (SSSR count). The molecule has 0 fully saturated rings. The molecule has 0 spiro atoms. The largest absolute Gasteiger partial charge is 0.457 e. The first-order valence-corrected chi connectivity index (χ1v) is 15.4. The predicted octanol–water partition coefficient (Wildman–Crippen LogP) is 9.73. The van der Waals surface area contributed by atoms with Crippen molar-refractivity contribution >= 4 is 33.2 Å². The number of hydrogen-bond acceptors (Lipinski definition) is 4. The van der Waals surface area contributed by atoms with Crippen LogP contribution in [0.15, 0.2) is 128 Å². The van der Waals surface area contributed by atoms with E-state index in [1.807, 2.05) is 12.3 Å². The molecule has 0 saturated carbocycles. The number of benzene rings is 4. The molecule has 6 aromatic rings. The standard InChI is InChI=1S/C40H34N4O/c1-26-21-29(4)40(41-24-26)44-35-16-6-5-15-33(35)34-19-18-32(23-36(34)44)45-31-14-10-13-30(22-31)37-25-43(38-17-7-8-20-42(37)38)39-27(2)11-9-12-28(39)3/h5-25,38H,1-4H3. The second-order valence-electron chi connectivity index (χ2n) is 12.0. The third kappa shape index (κ3) is 4.51. The number of allylic oxidation sites excluding steroid dienone is 2. The van der Waals surface area contributed by atoms with Crippen molar-refractivity contribution in [2.45, 2.75) is 33.9 Å². The molecule has 0 aliphatic carbocycles. The summed E-state index contributed by atoms with van der Waals surface area (Å²) in [4.78, 5) is 9.56. The number of anilines is 1. The van der Waals surface area contributed by atoms with E-state index >= 15 is 0 Å². The van der Waals surface area contributed by atoms with Crippen LogP contribution in [0.5, 0.6) is 11.5 Å². The number of para-hydroxylation sites is 2. The molecular formula is C40H34N4O. The minimum absolute atomic E-state index is 0.0811. The number of pyridine rings is 1. The van der Waals surface area contributed by atoms with Gasteiger partial charge in [-0.15, -0.1) is 0 Å². The highest BCUT2D eigenvalue weighted by molar-refractivity contribution is 6.09. The van der Waals surface area contributed by atoms with Crippen molar-refractivity contribution in [3.05, 3.63) is 156 Å². The summed E-state index contributed by atoms with van der Waals surface area (Å²) in [6.45, 7) is 8.57. The van der Waals surface area contributed by atoms with Crippen molar-refractivity contribution in [3.8, 4) is 17.3 Å². The van der Waals surface area contributed by atoms with Gasteiger partial charge in [0.05, 0.1) is 16.7 Å². The van der Waals surface area contributed by atoms with E-state index in [1.54, 1.807) is 0 Å². The smallest absolute Gasteiger partial charge is 0.140 e. The Morgan fingerprint density at radius 1 is 0.667 bits per heavy atom. The summed E-state index contributed by atoms with van der Waals surface area (Å²) in [5, 5.41) is 2.37. The first kappa shape index (κ1) is 27.0. The lowest BCUT2D eigenvalue weighted by atomic mass is 10.1. The van der Waals surface area contributed by atoms with Gasteiger partial charge in [0, 0.05) is 46.7 Å². The van der Waals surface area contributed by atoms with Gasteiger partial charge in [0.25, 0.3) is 0 Å². The number of aromatic nitrogens is 2. The Bertz CT molecular complexity index is 2200. The Labute approximate surface area is 263 Å². The van der Waals surface area contributed by atoms with E-state index in [2.05, 4.69) is 158 Å². The quantitative estimate of drug-likeness (QED) is 0.201. The zero-order chi connectivity index (χ0) is 30.7. The van der Waals surface area contributed by atoms with Crippen LogP contribution in [0.2, 0.25) is 0 Å². The molecule has 45 heavy (non-hydrogen) atoms. The zero-order valence-electron chi connectivity index (χ0n) is 25.9. The molecule has 4 heterocycles. The van der Waals surface area contributed by atoms with Gasteiger partial charge in [-0.2, -0.15) is 0 Å². The van der Waals surface area contributed by atoms with Crippen LogP contribution in [-0.4, -0.2) is 20.6 Å². The third-order valence-corrected chi connectivity index (χ3v) is 8.86. The second kappa shape index (κ2) is 10.6. The van der Waals surface area contributed by atoms with E-state index in [1.165, 1.54) is 27.6 Å². The van der Waals surface area contributed by atoms with Crippen LogP contribution >= 0.6 is 0 Å². The van der Waals surface area contributed by atoms with Crippen molar-refractivity contribution in [1.82, 2.24) is 14.5 Å². The molecular weight excluding hydrogens is 552 g/mol. The van der Waals surface area contributed by atoms with Crippen LogP contribution in [0.3, 0.4) is 0 Å². The van der Waals surface area contributed by atoms with E-state index in [9.17, 15) is 0 Å². The van der Waals surface area contributed by atoms with Gasteiger partial charge in [-0.05, 0) is 92.4 Å². The molecule has 1 unspecified atom stereocenters. The van der Waals surface area contributed by atoms with Crippen molar-refractivity contribution in [2.75, 3.05) is 4.90 Å². The Hall–Kier alpha value is -5.55. The van der Waals surface area contributed by atoms with Crippen LogP contribution < -0.4 is 9.64 Å². The Kier molecular flexibility index (Phi) is 6.35. The van der Waals surface area contributed by atoms with Crippen LogP contribution in [0.25, 0.3) is 33.3 Å². The highest BCUT2D eigenvalue weighted by atomic mass is 16.5. The van der Waals surface area contributed by atoms with Gasteiger partial charge in [-0.3, -0.25) is 4.57 Å². The Balaban J connectivity index is 1.18. The summed E-state index contributed by atoms with van der Waals surface area (Å²) in [7, 11) is 0. The lowest BCUT2D eigenvalue weighted by Crippen LogP contribution is -2.36. The molecule has 5 nitrogen and oxygen atoms in total. The van der Waals surface area contributed by atoms with E-state index in [-0.39, 0.29) is 6.17 Å². The molecule has 4 aromatic carbocycles. The molecule has 220 valence electrons. The average molecular weight is 587 g/mol. The molecule has 1 atom stereocenters. The van der Waals surface area contributed by atoms with Gasteiger partial charge in [0.2, 0.25) is 0 Å². The minimum atomic E-state index is 0.0811. The SMILES string of the molecule is Cc1cnc(-n2c3ccccc3c3ccc(Oc4cccc(C5=CN(c6c(C)cccc6C)C6C=CC=CN56)c4)cc32)c(C)c1. The van der Waals surface area contributed by atoms with Crippen LogP contribution in [-0.2, 0) is 0 Å². The van der Waals surface area contributed by atoms with Crippen LogP contribution in [0, 0.1) is 27.7 Å². The molecule has 2 aromatic heterocycles. The average Bonchev–Trinajstić information content (AvgIpc) is 3.57. The molecule has 2 aliphatic heterocycles. The first-order valence-electron chi connectivity index (χ1n) is 15.4. The summed E-state index contributed by atoms with van der Waals surface area (Å²) in [6.07, 6.45) is 12.9. The molecule has 2 aliphatic rings. The normalized spacial score (nSPS) is 15.6. The third-order valence-electron chi connectivity index (χ3n) is 8.86. The van der Waals surface area contributed by atoms with Gasteiger partial charge >= 0.3 is 0 Å². The molecule has 0 amide bonds. The van der Waals surface area contributed by atoms with E-state index < -0.39 is 0 Å². The fourth-order valence-electron chi connectivity index (χ4n) is 6.88. The summed E-state index contributed by atoms with van der Waals surface area (Å²) in [5.41, 5.74) is 10.5. The van der Waals surface area contributed by atoms with Crippen LogP contribution in [0.4, 0.5) is 5.69 Å². The number of fused-ring (bicyclic) bond motifs is 4. The van der Waals surface area contributed by atoms with Crippen molar-refractivity contribution in [3.63, 3.8) is 0 Å². The van der Waals surface area contributed by atoms with E-state index in [4.69, 9.17) is 9.72 Å². The maximum absolute atomic E-state index is 6.58. The van der Waals surface area contributed by atoms with Crippen LogP contribution in [0.1, 0.15) is 27.8 Å². The number of ether oxygens (including phenoxy) is 1. The van der Waals surface area contributed by atoms with Gasteiger partial charge in [-0.25, -0.2) is 4.98 Å². The topological polar surface area (TPSA) is 33.5 Å². The maximum atomic E-state index is 6.58. The summed E-state index contributed by atoms with van der Waals surface area (Å²) in [5.74, 6) is 2.51. The fraction of sp³-hybridized carbons (Fsp3) is 0.125. The lowest BCUT2D eigenvalue weighted by molar-refractivity contribution is 0.469. The number of aryl methyl sites for hydroxylation is 4. The minimum Gasteiger partial charge on any atom is -0.457 e. The van der Waals surface area contributed by atoms with Gasteiger partial charge in [0.15, 0.2) is 0 Å². The van der Waals surface area contributed by atoms with Gasteiger partial charge < -0.3 is 14.5 Å². The Morgan fingerprint density at radius 2 is 1.44 bits per heavy atom. The molecule has 0 bridgehead atoms. The fourth-order valence-corrected chi connectivity index (χ4v) is 6.88. The second-order valence-corrected chi connectivity index (χ2v) is 12.0. The van der Waals surface area contributed by atoms with Gasteiger partial charge in [-0.1, -0.05) is 60.7 Å².